The van der Waals surface area contributed by atoms with Gasteiger partial charge in [0, 0.05) is 23.8 Å². The summed E-state index contributed by atoms with van der Waals surface area (Å²) in [4.78, 5) is 2.65. The van der Waals surface area contributed by atoms with Crippen LogP contribution in [-0.2, 0) is 6.42 Å². The third-order valence-corrected chi connectivity index (χ3v) is 4.39. The maximum absolute atomic E-state index is 3.57. The van der Waals surface area contributed by atoms with Crippen molar-refractivity contribution in [2.75, 3.05) is 18.0 Å². The molecule has 0 aliphatic carbocycles. The van der Waals surface area contributed by atoms with E-state index in [1.807, 2.05) is 0 Å². The van der Waals surface area contributed by atoms with Crippen LogP contribution < -0.4 is 10.2 Å². The van der Waals surface area contributed by atoms with Gasteiger partial charge in [0.1, 0.15) is 0 Å². The molecule has 0 radical (unpaired) electrons. The molecule has 1 unspecified atom stereocenters. The van der Waals surface area contributed by atoms with E-state index in [1.165, 1.54) is 23.2 Å². The van der Waals surface area contributed by atoms with Gasteiger partial charge in [-0.25, -0.2) is 0 Å². The summed E-state index contributed by atoms with van der Waals surface area (Å²) in [6.45, 7) is 13.8. The number of para-hydroxylation sites is 1. The monoisotopic (exact) mass is 260 g/mol. The first-order chi connectivity index (χ1) is 8.97. The standard InChI is InChI=1S/C17H28N2/c1-6-15-9-7-8-13(2)16(15)19-14(3)12-18-11-10-17(19,4)5/h7-9,14,18H,6,10-12H2,1-5H3. The Bertz CT molecular complexity index is 437. The van der Waals surface area contributed by atoms with Crippen molar-refractivity contribution in [2.45, 2.75) is 59.0 Å². The van der Waals surface area contributed by atoms with Gasteiger partial charge in [-0.15, -0.1) is 0 Å². The van der Waals surface area contributed by atoms with Crippen LogP contribution in [-0.4, -0.2) is 24.7 Å². The average molecular weight is 260 g/mol. The van der Waals surface area contributed by atoms with Crippen molar-refractivity contribution in [3.63, 3.8) is 0 Å². The fraction of sp³-hybridized carbons (Fsp3) is 0.647. The van der Waals surface area contributed by atoms with Crippen LogP contribution in [0.3, 0.4) is 0 Å². The van der Waals surface area contributed by atoms with Crippen molar-refractivity contribution >= 4 is 5.69 Å². The molecule has 0 spiro atoms. The molecule has 1 heterocycles. The van der Waals surface area contributed by atoms with Crippen molar-refractivity contribution < 1.29 is 0 Å². The molecule has 0 amide bonds. The summed E-state index contributed by atoms with van der Waals surface area (Å²) in [6.07, 6.45) is 2.29. The Balaban J connectivity index is 2.53. The van der Waals surface area contributed by atoms with Crippen molar-refractivity contribution in [1.29, 1.82) is 0 Å². The van der Waals surface area contributed by atoms with E-state index in [4.69, 9.17) is 0 Å². The van der Waals surface area contributed by atoms with E-state index in [0.717, 1.165) is 19.5 Å². The Kier molecular flexibility index (Phi) is 4.19. The van der Waals surface area contributed by atoms with E-state index in [-0.39, 0.29) is 5.54 Å². The molecule has 1 saturated heterocycles. The minimum absolute atomic E-state index is 0.207. The van der Waals surface area contributed by atoms with E-state index >= 15 is 0 Å². The lowest BCUT2D eigenvalue weighted by Crippen LogP contribution is -2.50. The second-order valence-corrected chi connectivity index (χ2v) is 6.42. The van der Waals surface area contributed by atoms with Crippen LogP contribution in [0.25, 0.3) is 0 Å². The van der Waals surface area contributed by atoms with Crippen LogP contribution in [0.15, 0.2) is 18.2 Å². The molecule has 1 fully saturated rings. The van der Waals surface area contributed by atoms with E-state index in [9.17, 15) is 0 Å². The summed E-state index contributed by atoms with van der Waals surface area (Å²) < 4.78 is 0. The third-order valence-electron chi connectivity index (χ3n) is 4.39. The Hall–Kier alpha value is -1.02. The number of hydrogen-bond donors (Lipinski definition) is 1. The molecule has 1 aliphatic rings. The van der Waals surface area contributed by atoms with Gasteiger partial charge in [-0.05, 0) is 58.2 Å². The second-order valence-electron chi connectivity index (χ2n) is 6.42. The van der Waals surface area contributed by atoms with Crippen molar-refractivity contribution in [2.24, 2.45) is 0 Å². The fourth-order valence-corrected chi connectivity index (χ4v) is 3.39. The molecule has 2 rings (SSSR count). The highest BCUT2D eigenvalue weighted by Gasteiger charge is 2.34. The van der Waals surface area contributed by atoms with E-state index in [0.29, 0.717) is 6.04 Å². The number of anilines is 1. The molecule has 1 aromatic rings. The molecule has 0 saturated carbocycles. The van der Waals surface area contributed by atoms with E-state index < -0.39 is 0 Å². The van der Waals surface area contributed by atoms with Gasteiger partial charge in [-0.2, -0.15) is 0 Å². The first kappa shape index (κ1) is 14.4. The Morgan fingerprint density at radius 3 is 2.79 bits per heavy atom. The molecule has 0 bridgehead atoms. The lowest BCUT2D eigenvalue weighted by Gasteiger charge is -2.44. The van der Waals surface area contributed by atoms with Gasteiger partial charge in [-0.1, -0.05) is 25.1 Å². The molecular formula is C17H28N2. The highest BCUT2D eigenvalue weighted by atomic mass is 15.3. The number of nitrogens with zero attached hydrogens (tertiary/aromatic N) is 1. The quantitative estimate of drug-likeness (QED) is 0.875. The predicted octanol–water partition coefficient (Wildman–Crippen LogP) is 3.52. The maximum atomic E-state index is 3.57. The molecule has 19 heavy (non-hydrogen) atoms. The molecule has 106 valence electrons. The predicted molar refractivity (Wildman–Crippen MR) is 84.1 cm³/mol. The minimum atomic E-state index is 0.207. The van der Waals surface area contributed by atoms with Crippen LogP contribution in [0.5, 0.6) is 0 Å². The van der Waals surface area contributed by atoms with Crippen molar-refractivity contribution in [1.82, 2.24) is 5.32 Å². The largest absolute Gasteiger partial charge is 0.362 e. The number of benzene rings is 1. The summed E-state index contributed by atoms with van der Waals surface area (Å²) in [5.74, 6) is 0. The van der Waals surface area contributed by atoms with Gasteiger partial charge in [0.25, 0.3) is 0 Å². The summed E-state index contributed by atoms with van der Waals surface area (Å²) in [5, 5.41) is 3.57. The Morgan fingerprint density at radius 1 is 1.37 bits per heavy atom. The Labute approximate surface area is 118 Å². The highest BCUT2D eigenvalue weighted by molar-refractivity contribution is 5.62. The van der Waals surface area contributed by atoms with Gasteiger partial charge >= 0.3 is 0 Å². The van der Waals surface area contributed by atoms with E-state index in [1.54, 1.807) is 0 Å². The fourth-order valence-electron chi connectivity index (χ4n) is 3.39. The number of nitrogens with one attached hydrogen (secondary N) is 1. The number of aryl methyl sites for hydroxylation is 2. The SMILES string of the molecule is CCc1cccc(C)c1N1C(C)CNCCC1(C)C. The molecule has 1 aliphatic heterocycles. The molecule has 1 atom stereocenters. The van der Waals surface area contributed by atoms with Crippen LogP contribution in [0.4, 0.5) is 5.69 Å². The number of hydrogen-bond acceptors (Lipinski definition) is 2. The molecule has 1 N–H and O–H groups in total. The lowest BCUT2D eigenvalue weighted by atomic mass is 9.93. The molecule has 0 aromatic heterocycles. The van der Waals surface area contributed by atoms with Crippen molar-refractivity contribution in [3.8, 4) is 0 Å². The lowest BCUT2D eigenvalue weighted by molar-refractivity contribution is 0.424. The van der Waals surface area contributed by atoms with E-state index in [2.05, 4.69) is 63.0 Å². The second kappa shape index (κ2) is 5.54. The molecule has 2 heteroatoms. The molecular weight excluding hydrogens is 232 g/mol. The van der Waals surface area contributed by atoms with Gasteiger partial charge in [0.15, 0.2) is 0 Å². The molecule has 1 aromatic carbocycles. The highest BCUT2D eigenvalue weighted by Crippen LogP contribution is 2.35. The summed E-state index contributed by atoms with van der Waals surface area (Å²) in [7, 11) is 0. The average Bonchev–Trinajstić information content (AvgIpc) is 2.48. The topological polar surface area (TPSA) is 15.3 Å². The van der Waals surface area contributed by atoms with Gasteiger partial charge < -0.3 is 10.2 Å². The van der Waals surface area contributed by atoms with Crippen LogP contribution in [0.1, 0.15) is 45.2 Å². The maximum Gasteiger partial charge on any atom is 0.0435 e. The first-order valence-corrected chi connectivity index (χ1v) is 7.56. The van der Waals surface area contributed by atoms with Gasteiger partial charge in [0.05, 0.1) is 0 Å². The summed E-state index contributed by atoms with van der Waals surface area (Å²) >= 11 is 0. The molecule has 2 nitrogen and oxygen atoms in total. The number of rotatable bonds is 2. The first-order valence-electron chi connectivity index (χ1n) is 7.56. The van der Waals surface area contributed by atoms with Crippen LogP contribution >= 0.6 is 0 Å². The Morgan fingerprint density at radius 2 is 2.11 bits per heavy atom. The summed E-state index contributed by atoms with van der Waals surface area (Å²) in [5.41, 5.74) is 4.55. The van der Waals surface area contributed by atoms with Gasteiger partial charge in [0.2, 0.25) is 0 Å². The van der Waals surface area contributed by atoms with Gasteiger partial charge in [-0.3, -0.25) is 0 Å². The van der Waals surface area contributed by atoms with Crippen LogP contribution in [0, 0.1) is 6.92 Å². The summed E-state index contributed by atoms with van der Waals surface area (Å²) in [6, 6.07) is 7.24. The third kappa shape index (κ3) is 2.79. The minimum Gasteiger partial charge on any atom is -0.362 e. The zero-order valence-electron chi connectivity index (χ0n) is 13.1. The van der Waals surface area contributed by atoms with Crippen LogP contribution in [0.2, 0.25) is 0 Å². The normalized spacial score (nSPS) is 23.2. The zero-order chi connectivity index (χ0) is 14.0. The van der Waals surface area contributed by atoms with Crippen molar-refractivity contribution in [3.05, 3.63) is 29.3 Å². The smallest absolute Gasteiger partial charge is 0.0435 e. The zero-order valence-corrected chi connectivity index (χ0v) is 13.1.